The molecule has 11 heteroatoms. The highest BCUT2D eigenvalue weighted by Gasteiger charge is 2.30. The predicted molar refractivity (Wildman–Crippen MR) is 140 cm³/mol. The molecule has 0 saturated heterocycles. The summed E-state index contributed by atoms with van der Waals surface area (Å²) >= 11 is 0. The topological polar surface area (TPSA) is 93.3 Å². The molecule has 3 aromatic carbocycles. The summed E-state index contributed by atoms with van der Waals surface area (Å²) in [6.07, 6.45) is -2.97. The number of amides is 1. The summed E-state index contributed by atoms with van der Waals surface area (Å²) in [7, 11) is -3.84. The Balaban J connectivity index is 1.49. The maximum Gasteiger partial charge on any atom is 0.416 e. The number of benzene rings is 3. The molecule has 0 atom stereocenters. The van der Waals surface area contributed by atoms with E-state index in [-0.39, 0.29) is 23.7 Å². The highest BCUT2D eigenvalue weighted by molar-refractivity contribution is 7.92. The minimum Gasteiger partial charge on any atom is -0.467 e. The number of nitrogens with zero attached hydrogens (tertiary/aromatic N) is 1. The molecule has 39 heavy (non-hydrogen) atoms. The Bertz CT molecular complexity index is 1710. The van der Waals surface area contributed by atoms with Crippen LogP contribution in [0.5, 0.6) is 0 Å². The molecule has 5 aromatic rings. The molecule has 0 saturated carbocycles. The van der Waals surface area contributed by atoms with Crippen LogP contribution < -0.4 is 10.0 Å². The Morgan fingerprint density at radius 3 is 2.31 bits per heavy atom. The van der Waals surface area contributed by atoms with Crippen molar-refractivity contribution in [2.45, 2.75) is 24.2 Å². The van der Waals surface area contributed by atoms with E-state index >= 15 is 0 Å². The van der Waals surface area contributed by atoms with Crippen molar-refractivity contribution in [2.24, 2.45) is 0 Å². The fourth-order valence-electron chi connectivity index (χ4n) is 4.16. The Morgan fingerprint density at radius 2 is 1.64 bits per heavy atom. The minimum absolute atomic E-state index is 0.1000. The normalized spacial score (nSPS) is 12.0. The molecule has 2 aromatic heterocycles. The summed E-state index contributed by atoms with van der Waals surface area (Å²) in [6.45, 7) is 0.246. The number of hydrogen-bond acceptors (Lipinski definition) is 4. The molecule has 7 nitrogen and oxygen atoms in total. The zero-order chi connectivity index (χ0) is 27.6. The summed E-state index contributed by atoms with van der Waals surface area (Å²) < 4.78 is 74.1. The Kier molecular flexibility index (Phi) is 6.92. The quantitative estimate of drug-likeness (QED) is 0.245. The van der Waals surface area contributed by atoms with Crippen LogP contribution in [0.15, 0.2) is 107 Å². The van der Waals surface area contributed by atoms with E-state index in [2.05, 4.69) is 10.0 Å². The highest BCUT2D eigenvalue weighted by atomic mass is 32.2. The first-order chi connectivity index (χ1) is 18.6. The average Bonchev–Trinajstić information content (AvgIpc) is 3.55. The van der Waals surface area contributed by atoms with Crippen LogP contribution in [-0.4, -0.2) is 18.9 Å². The van der Waals surface area contributed by atoms with Gasteiger partial charge in [0.05, 0.1) is 23.3 Å². The molecule has 5 rings (SSSR count). The molecule has 0 bridgehead atoms. The van der Waals surface area contributed by atoms with Crippen molar-refractivity contribution in [3.05, 3.63) is 120 Å². The second kappa shape index (κ2) is 10.3. The largest absolute Gasteiger partial charge is 0.467 e. The number of sulfonamides is 1. The fraction of sp³-hybridized carbons (Fsp3) is 0.107. The lowest BCUT2D eigenvalue weighted by atomic mass is 10.1. The van der Waals surface area contributed by atoms with E-state index in [1.165, 1.54) is 30.5 Å². The summed E-state index contributed by atoms with van der Waals surface area (Å²) in [5.74, 6) is 0.118. The molecular weight excluding hydrogens is 531 g/mol. The Labute approximate surface area is 221 Å². The Morgan fingerprint density at radius 1 is 0.897 bits per heavy atom. The number of aromatic nitrogens is 1. The number of carbonyl (C=O) groups is 1. The monoisotopic (exact) mass is 553 g/mol. The number of anilines is 1. The van der Waals surface area contributed by atoms with E-state index in [0.717, 1.165) is 12.1 Å². The third-order valence-electron chi connectivity index (χ3n) is 6.06. The number of halogens is 3. The fourth-order valence-corrected chi connectivity index (χ4v) is 5.23. The van der Waals surface area contributed by atoms with Gasteiger partial charge in [0.2, 0.25) is 0 Å². The van der Waals surface area contributed by atoms with Crippen molar-refractivity contribution >= 4 is 32.5 Å². The van der Waals surface area contributed by atoms with Gasteiger partial charge in [-0.1, -0.05) is 30.3 Å². The molecule has 2 N–H and O–H groups in total. The van der Waals surface area contributed by atoms with Gasteiger partial charge in [0.25, 0.3) is 15.9 Å². The molecule has 200 valence electrons. The molecule has 0 unspecified atom stereocenters. The second-order valence-electron chi connectivity index (χ2n) is 8.76. The number of fused-ring (bicyclic) bond motifs is 1. The summed E-state index contributed by atoms with van der Waals surface area (Å²) in [4.78, 5) is 13.3. The molecule has 0 aliphatic rings. The van der Waals surface area contributed by atoms with Crippen LogP contribution in [0.1, 0.15) is 27.4 Å². The average molecular weight is 554 g/mol. The summed E-state index contributed by atoms with van der Waals surface area (Å²) in [6, 6.07) is 22.4. The van der Waals surface area contributed by atoms with Crippen molar-refractivity contribution < 1.29 is 30.8 Å². The molecule has 0 aliphatic carbocycles. The van der Waals surface area contributed by atoms with Crippen LogP contribution in [0.25, 0.3) is 10.9 Å². The van der Waals surface area contributed by atoms with E-state index in [9.17, 15) is 26.4 Å². The van der Waals surface area contributed by atoms with E-state index in [0.29, 0.717) is 27.9 Å². The number of nitrogens with one attached hydrogen (secondary N) is 2. The lowest BCUT2D eigenvalue weighted by Crippen LogP contribution is -2.25. The maximum absolute atomic E-state index is 13.2. The predicted octanol–water partition coefficient (Wildman–Crippen LogP) is 6.03. The summed E-state index contributed by atoms with van der Waals surface area (Å²) in [5.41, 5.74) is 0.922. The van der Waals surface area contributed by atoms with Gasteiger partial charge in [0, 0.05) is 23.1 Å². The van der Waals surface area contributed by atoms with Crippen LogP contribution in [0, 0.1) is 0 Å². The van der Waals surface area contributed by atoms with Gasteiger partial charge in [-0.05, 0) is 66.2 Å². The van der Waals surface area contributed by atoms with Crippen molar-refractivity contribution in [3.8, 4) is 0 Å². The van der Waals surface area contributed by atoms with E-state index in [1.54, 1.807) is 59.2 Å². The molecule has 2 heterocycles. The van der Waals surface area contributed by atoms with Gasteiger partial charge in [0.1, 0.15) is 11.5 Å². The molecular formula is C28H22F3N3O4S. The second-order valence-corrected chi connectivity index (χ2v) is 10.4. The van der Waals surface area contributed by atoms with Gasteiger partial charge < -0.3 is 14.3 Å². The zero-order valence-corrected chi connectivity index (χ0v) is 21.1. The van der Waals surface area contributed by atoms with E-state index < -0.39 is 27.7 Å². The van der Waals surface area contributed by atoms with Gasteiger partial charge in [-0.3, -0.25) is 9.52 Å². The van der Waals surface area contributed by atoms with Gasteiger partial charge in [-0.25, -0.2) is 8.42 Å². The molecule has 0 spiro atoms. The number of rotatable bonds is 8. The smallest absolute Gasteiger partial charge is 0.416 e. The lowest BCUT2D eigenvalue weighted by molar-refractivity contribution is -0.137. The Hall–Kier alpha value is -4.51. The number of carbonyl (C=O) groups excluding carboxylic acids is 1. The SMILES string of the molecule is O=C(NCc1ccco1)c1cc2cc(NS(=O)(=O)c3ccccc3)ccc2n1Cc1ccc(C(F)(F)F)cc1. The first-order valence-electron chi connectivity index (χ1n) is 11.8. The van der Waals surface area contributed by atoms with E-state index in [4.69, 9.17) is 4.42 Å². The lowest BCUT2D eigenvalue weighted by Gasteiger charge is -2.13. The van der Waals surface area contributed by atoms with Gasteiger partial charge in [-0.15, -0.1) is 0 Å². The highest BCUT2D eigenvalue weighted by Crippen LogP contribution is 2.30. The van der Waals surface area contributed by atoms with Crippen molar-refractivity contribution in [1.29, 1.82) is 0 Å². The van der Waals surface area contributed by atoms with Crippen LogP contribution in [0.3, 0.4) is 0 Å². The molecule has 1 amide bonds. The van der Waals surface area contributed by atoms with Gasteiger partial charge in [-0.2, -0.15) is 13.2 Å². The molecule has 0 aliphatic heterocycles. The van der Waals surface area contributed by atoms with Crippen LogP contribution >= 0.6 is 0 Å². The standard InChI is InChI=1S/C28H22F3N3O4S/c29-28(30,31)21-10-8-19(9-11-21)18-34-25-13-12-22(33-39(36,37)24-6-2-1-3-7-24)15-20(25)16-26(34)27(35)32-17-23-5-4-14-38-23/h1-16,33H,17-18H2,(H,32,35). The van der Waals surface area contributed by atoms with Crippen molar-refractivity contribution in [3.63, 3.8) is 0 Å². The zero-order valence-electron chi connectivity index (χ0n) is 20.3. The third-order valence-corrected chi connectivity index (χ3v) is 7.46. The number of hydrogen-bond donors (Lipinski definition) is 2. The number of furan rings is 1. The molecule has 0 radical (unpaired) electrons. The molecule has 0 fully saturated rings. The third kappa shape index (κ3) is 5.83. The van der Waals surface area contributed by atoms with Gasteiger partial charge in [0.15, 0.2) is 0 Å². The minimum atomic E-state index is -4.46. The van der Waals surface area contributed by atoms with E-state index in [1.807, 2.05) is 0 Å². The van der Waals surface area contributed by atoms with Crippen molar-refractivity contribution in [2.75, 3.05) is 4.72 Å². The maximum atomic E-state index is 13.2. The summed E-state index contributed by atoms with van der Waals surface area (Å²) in [5, 5.41) is 3.35. The first kappa shape index (κ1) is 26.1. The first-order valence-corrected chi connectivity index (χ1v) is 13.3. The van der Waals surface area contributed by atoms with Crippen LogP contribution in [-0.2, 0) is 29.3 Å². The van der Waals surface area contributed by atoms with Crippen LogP contribution in [0.4, 0.5) is 18.9 Å². The van der Waals surface area contributed by atoms with Crippen LogP contribution in [0.2, 0.25) is 0 Å². The number of alkyl halides is 3. The van der Waals surface area contributed by atoms with Crippen molar-refractivity contribution in [1.82, 2.24) is 9.88 Å². The van der Waals surface area contributed by atoms with Gasteiger partial charge >= 0.3 is 6.18 Å².